The van der Waals surface area contributed by atoms with Gasteiger partial charge in [-0.3, -0.25) is 4.79 Å². The fraction of sp³-hybridized carbons (Fsp3) is 0.552. The van der Waals surface area contributed by atoms with Crippen LogP contribution in [0.25, 0.3) is 0 Å². The summed E-state index contributed by atoms with van der Waals surface area (Å²) < 4.78 is 0. The second-order valence-corrected chi connectivity index (χ2v) is 10.3. The van der Waals surface area contributed by atoms with Crippen molar-refractivity contribution in [3.05, 3.63) is 65.7 Å². The van der Waals surface area contributed by atoms with Crippen molar-refractivity contribution in [3.63, 3.8) is 0 Å². The third kappa shape index (κ3) is 5.60. The number of rotatable bonds is 5. The van der Waals surface area contributed by atoms with Crippen LogP contribution in [0, 0.1) is 5.92 Å². The summed E-state index contributed by atoms with van der Waals surface area (Å²) in [6.07, 6.45) is 10.0. The molecule has 33 heavy (non-hydrogen) atoms. The first kappa shape index (κ1) is 22.5. The molecular formula is C29H39N3O. The number of amides is 1. The van der Waals surface area contributed by atoms with Crippen LogP contribution < -0.4 is 4.90 Å². The summed E-state index contributed by atoms with van der Waals surface area (Å²) in [5, 5.41) is 0. The number of piperidine rings is 3. The van der Waals surface area contributed by atoms with Crippen molar-refractivity contribution in [2.75, 3.05) is 44.2 Å². The second-order valence-electron chi connectivity index (χ2n) is 10.3. The SMILES string of the molecule is O=C(c1ccc(N2CCC(N3CCCCC3)CC2)cc1)N1CCC(Cc2ccccc2)CC1. The van der Waals surface area contributed by atoms with Gasteiger partial charge < -0.3 is 14.7 Å². The van der Waals surface area contributed by atoms with Crippen LogP contribution in [0.3, 0.4) is 0 Å². The van der Waals surface area contributed by atoms with Crippen molar-refractivity contribution in [3.8, 4) is 0 Å². The van der Waals surface area contributed by atoms with E-state index in [1.807, 2.05) is 12.1 Å². The molecule has 4 nitrogen and oxygen atoms in total. The number of likely N-dealkylation sites (tertiary alicyclic amines) is 2. The standard InChI is InChI=1S/C29H39N3O/c33-29(32-19-13-25(14-20-32)23-24-7-3-1-4-8-24)26-9-11-27(12-10-26)31-21-15-28(16-22-31)30-17-5-2-6-18-30/h1,3-4,7-12,25,28H,2,5-6,13-23H2. The van der Waals surface area contributed by atoms with Crippen LogP contribution in [0.2, 0.25) is 0 Å². The van der Waals surface area contributed by atoms with Crippen molar-refractivity contribution < 1.29 is 4.79 Å². The molecule has 0 atom stereocenters. The highest BCUT2D eigenvalue weighted by Gasteiger charge is 2.27. The third-order valence-corrected chi connectivity index (χ3v) is 8.12. The van der Waals surface area contributed by atoms with Gasteiger partial charge in [0.2, 0.25) is 0 Å². The lowest BCUT2D eigenvalue weighted by molar-refractivity contribution is 0.0690. The van der Waals surface area contributed by atoms with E-state index in [1.54, 1.807) is 0 Å². The molecule has 176 valence electrons. The molecule has 3 saturated heterocycles. The lowest BCUT2D eigenvalue weighted by Gasteiger charge is -2.41. The van der Waals surface area contributed by atoms with Crippen LogP contribution in [0.5, 0.6) is 0 Å². The number of hydrogen-bond donors (Lipinski definition) is 0. The molecule has 3 fully saturated rings. The summed E-state index contributed by atoms with van der Waals surface area (Å²) in [5.41, 5.74) is 3.52. The smallest absolute Gasteiger partial charge is 0.253 e. The average Bonchev–Trinajstić information content (AvgIpc) is 2.90. The molecule has 0 aromatic heterocycles. The Morgan fingerprint density at radius 1 is 0.727 bits per heavy atom. The lowest BCUT2D eigenvalue weighted by Crippen LogP contribution is -2.46. The van der Waals surface area contributed by atoms with Gasteiger partial charge in [0, 0.05) is 43.5 Å². The van der Waals surface area contributed by atoms with E-state index in [2.05, 4.69) is 57.2 Å². The molecule has 1 amide bonds. The molecular weight excluding hydrogens is 406 g/mol. The number of benzene rings is 2. The number of hydrogen-bond acceptors (Lipinski definition) is 3. The molecule has 3 heterocycles. The summed E-state index contributed by atoms with van der Waals surface area (Å²) in [5.74, 6) is 0.884. The highest BCUT2D eigenvalue weighted by Crippen LogP contribution is 2.26. The molecule has 0 bridgehead atoms. The highest BCUT2D eigenvalue weighted by atomic mass is 16.2. The van der Waals surface area contributed by atoms with Gasteiger partial charge in [-0.2, -0.15) is 0 Å². The van der Waals surface area contributed by atoms with E-state index in [0.717, 1.165) is 57.0 Å². The molecule has 0 aliphatic carbocycles. The van der Waals surface area contributed by atoms with Crippen molar-refractivity contribution >= 4 is 11.6 Å². The number of anilines is 1. The summed E-state index contributed by atoms with van der Waals surface area (Å²) in [6, 6.07) is 19.9. The zero-order valence-corrected chi connectivity index (χ0v) is 20.0. The normalized spacial score (nSPS) is 21.3. The van der Waals surface area contributed by atoms with E-state index in [1.165, 1.54) is 56.4 Å². The van der Waals surface area contributed by atoms with Crippen molar-refractivity contribution in [1.82, 2.24) is 9.80 Å². The van der Waals surface area contributed by atoms with Crippen LogP contribution in [-0.2, 0) is 6.42 Å². The van der Waals surface area contributed by atoms with Crippen LogP contribution in [0.1, 0.15) is 60.9 Å². The van der Waals surface area contributed by atoms with E-state index < -0.39 is 0 Å². The van der Waals surface area contributed by atoms with E-state index >= 15 is 0 Å². The Kier molecular flexibility index (Phi) is 7.30. The van der Waals surface area contributed by atoms with Gasteiger partial charge in [-0.05, 0) is 93.8 Å². The Morgan fingerprint density at radius 3 is 2.06 bits per heavy atom. The fourth-order valence-electron chi connectivity index (χ4n) is 6.06. The third-order valence-electron chi connectivity index (χ3n) is 8.12. The van der Waals surface area contributed by atoms with Gasteiger partial charge >= 0.3 is 0 Å². The van der Waals surface area contributed by atoms with Crippen LogP contribution in [-0.4, -0.2) is 61.0 Å². The maximum atomic E-state index is 13.1. The molecule has 4 heteroatoms. The molecule has 0 radical (unpaired) electrons. The summed E-state index contributed by atoms with van der Waals surface area (Å²) in [6.45, 7) is 6.60. The molecule has 2 aromatic carbocycles. The predicted octanol–water partition coefficient (Wildman–Crippen LogP) is 5.24. The molecule has 0 unspecified atom stereocenters. The maximum absolute atomic E-state index is 13.1. The summed E-state index contributed by atoms with van der Waals surface area (Å²) in [4.78, 5) is 20.4. The van der Waals surface area contributed by atoms with Crippen molar-refractivity contribution in [2.24, 2.45) is 5.92 Å². The Balaban J connectivity index is 1.10. The largest absolute Gasteiger partial charge is 0.371 e. The van der Waals surface area contributed by atoms with Gasteiger partial charge in [-0.25, -0.2) is 0 Å². The van der Waals surface area contributed by atoms with Gasteiger partial charge in [0.05, 0.1) is 0 Å². The molecule has 3 aliphatic rings. The minimum Gasteiger partial charge on any atom is -0.371 e. The zero-order valence-electron chi connectivity index (χ0n) is 20.0. The van der Waals surface area contributed by atoms with Crippen molar-refractivity contribution in [1.29, 1.82) is 0 Å². The van der Waals surface area contributed by atoms with Crippen LogP contribution in [0.15, 0.2) is 54.6 Å². The fourth-order valence-corrected chi connectivity index (χ4v) is 6.06. The Labute approximate surface area is 199 Å². The van der Waals surface area contributed by atoms with Crippen LogP contribution >= 0.6 is 0 Å². The molecule has 2 aromatic rings. The molecule has 0 saturated carbocycles. The Bertz CT molecular complexity index is 875. The average molecular weight is 446 g/mol. The minimum atomic E-state index is 0.198. The van der Waals surface area contributed by atoms with Gasteiger partial charge in [0.1, 0.15) is 0 Å². The maximum Gasteiger partial charge on any atom is 0.253 e. The van der Waals surface area contributed by atoms with Crippen molar-refractivity contribution in [2.45, 2.75) is 57.4 Å². The monoisotopic (exact) mass is 445 g/mol. The number of nitrogens with zero attached hydrogens (tertiary/aromatic N) is 3. The summed E-state index contributed by atoms with van der Waals surface area (Å²) in [7, 11) is 0. The minimum absolute atomic E-state index is 0.198. The van der Waals surface area contributed by atoms with Gasteiger partial charge in [0.25, 0.3) is 5.91 Å². The van der Waals surface area contributed by atoms with Gasteiger partial charge in [-0.1, -0.05) is 36.8 Å². The topological polar surface area (TPSA) is 26.8 Å². The molecule has 0 spiro atoms. The first-order valence-corrected chi connectivity index (χ1v) is 13.2. The van der Waals surface area contributed by atoms with E-state index in [0.29, 0.717) is 5.92 Å². The number of carbonyl (C=O) groups excluding carboxylic acids is 1. The molecule has 3 aliphatic heterocycles. The lowest BCUT2D eigenvalue weighted by atomic mass is 9.90. The van der Waals surface area contributed by atoms with E-state index in [9.17, 15) is 4.79 Å². The number of carbonyl (C=O) groups is 1. The van der Waals surface area contributed by atoms with Crippen LogP contribution in [0.4, 0.5) is 5.69 Å². The Hall–Kier alpha value is -2.33. The summed E-state index contributed by atoms with van der Waals surface area (Å²) >= 11 is 0. The zero-order chi connectivity index (χ0) is 22.5. The highest BCUT2D eigenvalue weighted by molar-refractivity contribution is 5.94. The first-order valence-electron chi connectivity index (χ1n) is 13.2. The molecule has 5 rings (SSSR count). The predicted molar refractivity (Wildman–Crippen MR) is 136 cm³/mol. The first-order chi connectivity index (χ1) is 16.3. The Morgan fingerprint density at radius 2 is 1.39 bits per heavy atom. The van der Waals surface area contributed by atoms with Gasteiger partial charge in [0.15, 0.2) is 0 Å². The molecule has 0 N–H and O–H groups in total. The quantitative estimate of drug-likeness (QED) is 0.630. The van der Waals surface area contributed by atoms with E-state index in [4.69, 9.17) is 0 Å². The van der Waals surface area contributed by atoms with E-state index in [-0.39, 0.29) is 5.91 Å². The second kappa shape index (κ2) is 10.7. The van der Waals surface area contributed by atoms with Gasteiger partial charge in [-0.15, -0.1) is 0 Å².